The summed E-state index contributed by atoms with van der Waals surface area (Å²) in [5.74, 6) is -0.621. The minimum Gasteiger partial charge on any atom is -0.368 e. The highest BCUT2D eigenvalue weighted by Crippen LogP contribution is 2.28. The van der Waals surface area contributed by atoms with Crippen LogP contribution in [-0.2, 0) is 0 Å². The van der Waals surface area contributed by atoms with Gasteiger partial charge in [0.05, 0.1) is 5.56 Å². The van der Waals surface area contributed by atoms with Gasteiger partial charge < -0.3 is 15.5 Å². The molecule has 0 bridgehead atoms. The number of carbonyl (C=O) groups is 1. The van der Waals surface area contributed by atoms with Crippen LogP contribution >= 0.6 is 11.8 Å². The molecule has 3 rings (SSSR count). The first-order chi connectivity index (χ1) is 14.0. The molecule has 29 heavy (non-hydrogen) atoms. The van der Waals surface area contributed by atoms with E-state index in [0.29, 0.717) is 36.5 Å². The topological polar surface area (TPSA) is 70.2 Å². The number of rotatable bonds is 8. The Hall–Kier alpha value is -2.42. The van der Waals surface area contributed by atoms with Gasteiger partial charge in [-0.2, -0.15) is 8.78 Å². The molecule has 0 unspecified atom stereocenters. The summed E-state index contributed by atoms with van der Waals surface area (Å²) in [5, 5.41) is 5.96. The van der Waals surface area contributed by atoms with Gasteiger partial charge in [0.15, 0.2) is 0 Å². The molecule has 156 valence electrons. The van der Waals surface area contributed by atoms with E-state index in [2.05, 4.69) is 25.5 Å². The molecule has 2 aromatic rings. The number of nitrogens with one attached hydrogen (secondary N) is 2. The number of nitrogens with zero attached hydrogens (tertiary/aromatic N) is 3. The Morgan fingerprint density at radius 2 is 1.93 bits per heavy atom. The summed E-state index contributed by atoms with van der Waals surface area (Å²) in [6.45, 7) is 4.67. The molecule has 0 aliphatic carbocycles. The molecular weight excluding hydrogens is 396 g/mol. The largest absolute Gasteiger partial charge is 0.368 e. The molecule has 0 saturated carbocycles. The van der Waals surface area contributed by atoms with E-state index >= 15 is 0 Å². The van der Waals surface area contributed by atoms with Crippen molar-refractivity contribution in [1.82, 2.24) is 15.3 Å². The molecule has 1 aliphatic rings. The number of halogens is 2. The van der Waals surface area contributed by atoms with Gasteiger partial charge in [0, 0.05) is 37.1 Å². The number of piperidine rings is 1. The Kier molecular flexibility index (Phi) is 7.62. The first-order valence-electron chi connectivity index (χ1n) is 9.69. The van der Waals surface area contributed by atoms with E-state index in [0.717, 1.165) is 18.9 Å². The van der Waals surface area contributed by atoms with Crippen LogP contribution in [0.5, 0.6) is 0 Å². The second-order valence-electron chi connectivity index (χ2n) is 6.76. The van der Waals surface area contributed by atoms with Gasteiger partial charge in [-0.05, 0) is 38.3 Å². The first kappa shape index (κ1) is 21.3. The highest BCUT2D eigenvalue weighted by atomic mass is 32.2. The number of carbonyl (C=O) groups excluding carboxylic acids is 1. The summed E-state index contributed by atoms with van der Waals surface area (Å²) in [6, 6.07) is 8.30. The van der Waals surface area contributed by atoms with Gasteiger partial charge in [-0.25, -0.2) is 9.97 Å². The maximum absolute atomic E-state index is 12.7. The van der Waals surface area contributed by atoms with Crippen LogP contribution in [0.3, 0.4) is 0 Å². The van der Waals surface area contributed by atoms with Crippen LogP contribution in [0, 0.1) is 6.92 Å². The van der Waals surface area contributed by atoms with E-state index in [1.807, 2.05) is 13.0 Å². The van der Waals surface area contributed by atoms with Gasteiger partial charge in [0.2, 0.25) is 0 Å². The number of hydrogen-bond donors (Lipinski definition) is 2. The fourth-order valence-corrected chi connectivity index (χ4v) is 3.88. The lowest BCUT2D eigenvalue weighted by atomic mass is 10.1. The zero-order chi connectivity index (χ0) is 20.6. The van der Waals surface area contributed by atoms with E-state index in [-0.39, 0.29) is 16.4 Å². The molecule has 1 fully saturated rings. The Morgan fingerprint density at radius 3 is 2.69 bits per heavy atom. The number of alkyl halides is 2. The third-order valence-electron chi connectivity index (χ3n) is 4.57. The number of aryl methyl sites for hydroxylation is 1. The van der Waals surface area contributed by atoms with Crippen molar-refractivity contribution in [3.63, 3.8) is 0 Å². The normalized spacial score (nSPS) is 14.1. The Bertz CT molecular complexity index is 830. The van der Waals surface area contributed by atoms with Crippen LogP contribution in [0.4, 0.5) is 20.4 Å². The summed E-state index contributed by atoms with van der Waals surface area (Å²) in [6.07, 6.45) is 3.59. The summed E-state index contributed by atoms with van der Waals surface area (Å²) in [7, 11) is 0. The monoisotopic (exact) mass is 421 g/mol. The van der Waals surface area contributed by atoms with Gasteiger partial charge in [-0.1, -0.05) is 23.9 Å². The van der Waals surface area contributed by atoms with E-state index in [4.69, 9.17) is 0 Å². The molecule has 1 aromatic heterocycles. The average Bonchev–Trinajstić information content (AvgIpc) is 2.71. The predicted octanol–water partition coefficient (Wildman–Crippen LogP) is 3.93. The first-order valence-corrected chi connectivity index (χ1v) is 10.6. The van der Waals surface area contributed by atoms with E-state index in [1.54, 1.807) is 18.2 Å². The van der Waals surface area contributed by atoms with Crippen molar-refractivity contribution < 1.29 is 13.6 Å². The Labute approximate surface area is 173 Å². The lowest BCUT2D eigenvalue weighted by Crippen LogP contribution is -2.31. The molecule has 0 spiro atoms. The third-order valence-corrected chi connectivity index (χ3v) is 5.36. The molecule has 2 heterocycles. The summed E-state index contributed by atoms with van der Waals surface area (Å²) >= 11 is 0.375. The van der Waals surface area contributed by atoms with E-state index in [9.17, 15) is 13.6 Å². The van der Waals surface area contributed by atoms with Crippen LogP contribution in [0.1, 0.15) is 35.4 Å². The summed E-state index contributed by atoms with van der Waals surface area (Å²) in [5.41, 5.74) is 0.253. The average molecular weight is 422 g/mol. The number of anilines is 2. The standard InChI is InChI=1S/C20H25F2N5OS/c1-14-25-17(13-18(26-14)27-11-5-2-6-12-27)23-9-10-24-19(28)15-7-3-4-8-16(15)29-20(21)22/h3-4,7-8,13,20H,2,5-6,9-12H2,1H3,(H,24,28)(H,23,25,26). The fourth-order valence-electron chi connectivity index (χ4n) is 3.24. The summed E-state index contributed by atoms with van der Waals surface area (Å²) in [4.78, 5) is 23.8. The van der Waals surface area contributed by atoms with Crippen molar-refractivity contribution in [2.45, 2.75) is 36.8 Å². The molecule has 1 aromatic carbocycles. The molecule has 0 radical (unpaired) electrons. The number of benzene rings is 1. The maximum atomic E-state index is 12.7. The van der Waals surface area contributed by atoms with Crippen LogP contribution in [-0.4, -0.2) is 47.8 Å². The lowest BCUT2D eigenvalue weighted by molar-refractivity contribution is 0.0952. The fraction of sp³-hybridized carbons (Fsp3) is 0.450. The second kappa shape index (κ2) is 10.4. The van der Waals surface area contributed by atoms with Crippen LogP contribution in [0.15, 0.2) is 35.2 Å². The van der Waals surface area contributed by atoms with E-state index in [1.165, 1.54) is 25.3 Å². The minimum atomic E-state index is -2.57. The van der Waals surface area contributed by atoms with Gasteiger partial charge in [0.1, 0.15) is 17.5 Å². The van der Waals surface area contributed by atoms with Crippen LogP contribution in [0.2, 0.25) is 0 Å². The molecule has 1 saturated heterocycles. The summed E-state index contributed by atoms with van der Waals surface area (Å²) < 4.78 is 25.3. The smallest absolute Gasteiger partial charge is 0.288 e. The third kappa shape index (κ3) is 6.28. The van der Waals surface area contributed by atoms with Gasteiger partial charge in [-0.3, -0.25) is 4.79 Å². The Morgan fingerprint density at radius 1 is 1.17 bits per heavy atom. The van der Waals surface area contributed by atoms with Crippen molar-refractivity contribution in [3.8, 4) is 0 Å². The molecular formula is C20H25F2N5OS. The SMILES string of the molecule is Cc1nc(NCCNC(=O)c2ccccc2SC(F)F)cc(N2CCCCC2)n1. The van der Waals surface area contributed by atoms with Crippen LogP contribution < -0.4 is 15.5 Å². The number of thioether (sulfide) groups is 1. The molecule has 9 heteroatoms. The predicted molar refractivity (Wildman–Crippen MR) is 112 cm³/mol. The molecule has 6 nitrogen and oxygen atoms in total. The minimum absolute atomic E-state index is 0.253. The highest BCUT2D eigenvalue weighted by molar-refractivity contribution is 7.99. The van der Waals surface area contributed by atoms with E-state index < -0.39 is 5.76 Å². The van der Waals surface area contributed by atoms with Crippen LogP contribution in [0.25, 0.3) is 0 Å². The van der Waals surface area contributed by atoms with Crippen molar-refractivity contribution in [3.05, 3.63) is 41.7 Å². The van der Waals surface area contributed by atoms with Crippen molar-refractivity contribution in [1.29, 1.82) is 0 Å². The molecule has 1 aliphatic heterocycles. The molecule has 1 amide bonds. The van der Waals surface area contributed by atoms with Gasteiger partial charge in [-0.15, -0.1) is 0 Å². The number of amides is 1. The zero-order valence-electron chi connectivity index (χ0n) is 16.3. The van der Waals surface area contributed by atoms with Crippen molar-refractivity contribution >= 4 is 29.3 Å². The second-order valence-corrected chi connectivity index (χ2v) is 7.80. The quantitative estimate of drug-likeness (QED) is 0.497. The van der Waals surface area contributed by atoms with Crippen molar-refractivity contribution in [2.24, 2.45) is 0 Å². The van der Waals surface area contributed by atoms with Gasteiger partial charge in [0.25, 0.3) is 11.7 Å². The van der Waals surface area contributed by atoms with Gasteiger partial charge >= 0.3 is 0 Å². The molecule has 0 atom stereocenters. The maximum Gasteiger partial charge on any atom is 0.288 e. The Balaban J connectivity index is 1.53. The zero-order valence-corrected chi connectivity index (χ0v) is 17.1. The highest BCUT2D eigenvalue weighted by Gasteiger charge is 2.15. The number of hydrogen-bond acceptors (Lipinski definition) is 6. The van der Waals surface area contributed by atoms with Crippen molar-refractivity contribution in [2.75, 3.05) is 36.4 Å². The number of aromatic nitrogens is 2. The lowest BCUT2D eigenvalue weighted by Gasteiger charge is -2.28. The molecule has 2 N–H and O–H groups in total.